The number of benzene rings is 1. The van der Waals surface area contributed by atoms with E-state index in [1.807, 2.05) is 38.2 Å². The second-order valence-electron chi connectivity index (χ2n) is 4.42. The van der Waals surface area contributed by atoms with Gasteiger partial charge in [-0.3, -0.25) is 9.59 Å². The molecule has 0 aliphatic heterocycles. The van der Waals surface area contributed by atoms with Gasteiger partial charge in [0.25, 0.3) is 0 Å². The molecule has 0 aliphatic rings. The number of ether oxygens (including phenoxy) is 1. The number of carbonyl (C=O) groups is 2. The van der Waals surface area contributed by atoms with Gasteiger partial charge in [0, 0.05) is 37.7 Å². The number of ketones is 1. The molecule has 0 saturated carbocycles. The van der Waals surface area contributed by atoms with Gasteiger partial charge in [0.2, 0.25) is 0 Å². The largest absolute Gasteiger partial charge is 0.469 e. The molecule has 0 fully saturated rings. The summed E-state index contributed by atoms with van der Waals surface area (Å²) in [6, 6.07) is 7.55. The summed E-state index contributed by atoms with van der Waals surface area (Å²) in [7, 11) is 3.36. The maximum absolute atomic E-state index is 11.5. The number of hydrogen-bond donors (Lipinski definition) is 0. The van der Waals surface area contributed by atoms with Gasteiger partial charge in [-0.25, -0.2) is 0 Å². The Kier molecular flexibility index (Phi) is 6.06. The Balaban J connectivity index is 2.51. The normalized spacial score (nSPS) is 10.1. The standard InChI is InChI=1S/C15H21NO3/c1-4-14(17)12-7-9-13(10-8-12)16(2)11-5-6-15(18)19-3/h7-10H,4-6,11H2,1-3H3. The molecule has 104 valence electrons. The summed E-state index contributed by atoms with van der Waals surface area (Å²) < 4.78 is 4.60. The first-order valence-corrected chi connectivity index (χ1v) is 6.49. The molecular weight excluding hydrogens is 242 g/mol. The lowest BCUT2D eigenvalue weighted by atomic mass is 10.1. The van der Waals surface area contributed by atoms with Gasteiger partial charge in [-0.15, -0.1) is 0 Å². The van der Waals surface area contributed by atoms with Crippen molar-refractivity contribution in [2.24, 2.45) is 0 Å². The first-order valence-electron chi connectivity index (χ1n) is 6.49. The van der Waals surface area contributed by atoms with Gasteiger partial charge in [-0.05, 0) is 30.7 Å². The van der Waals surface area contributed by atoms with E-state index in [2.05, 4.69) is 9.64 Å². The molecule has 1 aromatic rings. The Morgan fingerprint density at radius 2 is 1.84 bits per heavy atom. The minimum atomic E-state index is -0.183. The summed E-state index contributed by atoms with van der Waals surface area (Å²) in [6.07, 6.45) is 1.69. The summed E-state index contributed by atoms with van der Waals surface area (Å²) in [6.45, 7) is 2.63. The number of nitrogens with zero attached hydrogens (tertiary/aromatic N) is 1. The molecule has 0 atom stereocenters. The lowest BCUT2D eigenvalue weighted by Gasteiger charge is -2.19. The average molecular weight is 263 g/mol. The number of hydrogen-bond acceptors (Lipinski definition) is 4. The summed E-state index contributed by atoms with van der Waals surface area (Å²) in [5.74, 6) is -0.0304. The molecule has 0 heterocycles. The number of carbonyl (C=O) groups excluding carboxylic acids is 2. The van der Waals surface area contributed by atoms with Gasteiger partial charge in [0.05, 0.1) is 7.11 Å². The summed E-state index contributed by atoms with van der Waals surface area (Å²) in [5, 5.41) is 0. The topological polar surface area (TPSA) is 46.6 Å². The van der Waals surface area contributed by atoms with Crippen LogP contribution in [-0.2, 0) is 9.53 Å². The maximum atomic E-state index is 11.5. The van der Waals surface area contributed by atoms with Crippen LogP contribution in [0.4, 0.5) is 5.69 Å². The van der Waals surface area contributed by atoms with E-state index in [1.54, 1.807) is 0 Å². The van der Waals surface area contributed by atoms with E-state index >= 15 is 0 Å². The smallest absolute Gasteiger partial charge is 0.305 e. The lowest BCUT2D eigenvalue weighted by molar-refractivity contribution is -0.140. The van der Waals surface area contributed by atoms with Gasteiger partial charge in [0.1, 0.15) is 0 Å². The van der Waals surface area contributed by atoms with Crippen molar-refractivity contribution in [3.8, 4) is 0 Å². The monoisotopic (exact) mass is 263 g/mol. The second-order valence-corrected chi connectivity index (χ2v) is 4.42. The number of anilines is 1. The molecule has 1 rings (SSSR count). The fraction of sp³-hybridized carbons (Fsp3) is 0.467. The van der Waals surface area contributed by atoms with Gasteiger partial charge in [0.15, 0.2) is 5.78 Å². The van der Waals surface area contributed by atoms with Gasteiger partial charge < -0.3 is 9.64 Å². The van der Waals surface area contributed by atoms with Crippen molar-refractivity contribution in [2.75, 3.05) is 25.6 Å². The Morgan fingerprint density at radius 1 is 1.21 bits per heavy atom. The third kappa shape index (κ3) is 4.73. The Hall–Kier alpha value is -1.84. The molecule has 0 amide bonds. The Morgan fingerprint density at radius 3 is 2.37 bits per heavy atom. The molecule has 0 aromatic heterocycles. The van der Waals surface area contributed by atoms with Crippen molar-refractivity contribution in [3.63, 3.8) is 0 Å². The van der Waals surface area contributed by atoms with E-state index in [-0.39, 0.29) is 11.8 Å². The molecule has 0 bridgehead atoms. The predicted molar refractivity (Wildman–Crippen MR) is 75.6 cm³/mol. The van der Waals surface area contributed by atoms with Crippen LogP contribution in [0.25, 0.3) is 0 Å². The highest BCUT2D eigenvalue weighted by molar-refractivity contribution is 5.96. The van der Waals surface area contributed by atoms with Crippen LogP contribution < -0.4 is 4.90 Å². The summed E-state index contributed by atoms with van der Waals surface area (Å²) in [5.41, 5.74) is 1.78. The number of Topliss-reactive ketones (excluding diaryl/α,β-unsaturated/α-hetero) is 1. The molecule has 0 unspecified atom stereocenters. The van der Waals surface area contributed by atoms with Gasteiger partial charge in [-0.1, -0.05) is 6.92 Å². The summed E-state index contributed by atoms with van der Waals surface area (Å²) in [4.78, 5) is 24.6. The van der Waals surface area contributed by atoms with E-state index in [9.17, 15) is 9.59 Å². The zero-order valence-electron chi connectivity index (χ0n) is 11.8. The van der Waals surface area contributed by atoms with E-state index in [1.165, 1.54) is 7.11 Å². The van der Waals surface area contributed by atoms with Crippen LogP contribution in [-0.4, -0.2) is 32.5 Å². The number of rotatable bonds is 7. The summed E-state index contributed by atoms with van der Waals surface area (Å²) >= 11 is 0. The van der Waals surface area contributed by atoms with E-state index < -0.39 is 0 Å². The van der Waals surface area contributed by atoms with Crippen molar-refractivity contribution >= 4 is 17.4 Å². The van der Waals surface area contributed by atoms with Crippen LogP contribution in [0.3, 0.4) is 0 Å². The van der Waals surface area contributed by atoms with E-state index in [0.717, 1.165) is 24.2 Å². The van der Waals surface area contributed by atoms with Crippen LogP contribution in [0.15, 0.2) is 24.3 Å². The molecule has 0 radical (unpaired) electrons. The molecular formula is C15H21NO3. The van der Waals surface area contributed by atoms with Crippen molar-refractivity contribution in [1.29, 1.82) is 0 Å². The lowest BCUT2D eigenvalue weighted by Crippen LogP contribution is -2.19. The molecule has 0 N–H and O–H groups in total. The number of esters is 1. The predicted octanol–water partition coefficient (Wildman–Crippen LogP) is 2.67. The average Bonchev–Trinajstić information content (AvgIpc) is 2.46. The highest BCUT2D eigenvalue weighted by Crippen LogP contribution is 2.15. The second kappa shape index (κ2) is 7.56. The zero-order chi connectivity index (χ0) is 14.3. The van der Waals surface area contributed by atoms with Crippen molar-refractivity contribution in [3.05, 3.63) is 29.8 Å². The number of methoxy groups -OCH3 is 1. The van der Waals surface area contributed by atoms with Gasteiger partial charge in [-0.2, -0.15) is 0 Å². The zero-order valence-corrected chi connectivity index (χ0v) is 11.8. The molecule has 0 aliphatic carbocycles. The van der Waals surface area contributed by atoms with Gasteiger partial charge >= 0.3 is 5.97 Å². The highest BCUT2D eigenvalue weighted by Gasteiger charge is 2.06. The van der Waals surface area contributed by atoms with Crippen LogP contribution in [0, 0.1) is 0 Å². The van der Waals surface area contributed by atoms with Crippen molar-refractivity contribution < 1.29 is 14.3 Å². The highest BCUT2D eigenvalue weighted by atomic mass is 16.5. The van der Waals surface area contributed by atoms with Crippen LogP contribution in [0.2, 0.25) is 0 Å². The maximum Gasteiger partial charge on any atom is 0.305 e. The molecule has 19 heavy (non-hydrogen) atoms. The Labute approximate surface area is 114 Å². The van der Waals surface area contributed by atoms with E-state index in [4.69, 9.17) is 0 Å². The van der Waals surface area contributed by atoms with Crippen LogP contribution in [0.5, 0.6) is 0 Å². The third-order valence-corrected chi connectivity index (χ3v) is 3.05. The molecule has 0 saturated heterocycles. The minimum Gasteiger partial charge on any atom is -0.469 e. The quantitative estimate of drug-likeness (QED) is 0.560. The SMILES string of the molecule is CCC(=O)c1ccc(N(C)CCCC(=O)OC)cc1. The minimum absolute atomic E-state index is 0.153. The van der Waals surface area contributed by atoms with Crippen LogP contribution in [0.1, 0.15) is 36.5 Å². The Bertz CT molecular complexity index is 426. The molecule has 4 nitrogen and oxygen atoms in total. The fourth-order valence-corrected chi connectivity index (χ4v) is 1.80. The third-order valence-electron chi connectivity index (χ3n) is 3.05. The van der Waals surface area contributed by atoms with Crippen molar-refractivity contribution in [1.82, 2.24) is 0 Å². The first kappa shape index (κ1) is 15.2. The molecule has 4 heteroatoms. The van der Waals surface area contributed by atoms with Crippen molar-refractivity contribution in [2.45, 2.75) is 26.2 Å². The van der Waals surface area contributed by atoms with Crippen LogP contribution >= 0.6 is 0 Å². The van der Waals surface area contributed by atoms with E-state index in [0.29, 0.717) is 12.8 Å². The first-order chi connectivity index (χ1) is 9.08. The molecule has 0 spiro atoms. The molecule has 1 aromatic carbocycles. The fourth-order valence-electron chi connectivity index (χ4n) is 1.80.